The maximum atomic E-state index is 14.0. The van der Waals surface area contributed by atoms with Gasteiger partial charge in [0, 0.05) is 118 Å². The van der Waals surface area contributed by atoms with Crippen molar-refractivity contribution >= 4 is 51.6 Å². The molecule has 6 aromatic rings. The normalized spacial score (nSPS) is 20.0. The molecule has 2 aromatic heterocycles. The first-order valence-electron chi connectivity index (χ1n) is 30.0. The molecule has 0 radical (unpaired) electrons. The maximum absolute atomic E-state index is 14.0. The second-order valence-electron chi connectivity index (χ2n) is 23.6. The van der Waals surface area contributed by atoms with Gasteiger partial charge < -0.3 is 39.9 Å². The van der Waals surface area contributed by atoms with Gasteiger partial charge in [-0.05, 0) is 118 Å². The van der Waals surface area contributed by atoms with E-state index in [1.807, 2.05) is 57.2 Å². The van der Waals surface area contributed by atoms with Crippen LogP contribution in [-0.2, 0) is 29.1 Å². The van der Waals surface area contributed by atoms with E-state index in [-0.39, 0.29) is 65.3 Å². The molecule has 0 spiro atoms. The number of halogens is 1. The van der Waals surface area contributed by atoms with E-state index in [0.717, 1.165) is 117 Å². The van der Waals surface area contributed by atoms with Gasteiger partial charge in [-0.15, -0.1) is 10.2 Å². The van der Waals surface area contributed by atoms with E-state index in [0.29, 0.717) is 86.2 Å². The molecule has 11 rings (SSSR count). The number of benzene rings is 4. The van der Waals surface area contributed by atoms with Gasteiger partial charge in [-0.2, -0.15) is 15.2 Å². The number of piperidine rings is 1. The van der Waals surface area contributed by atoms with Crippen LogP contribution < -0.4 is 19.9 Å². The smallest absolute Gasteiger partial charge is 0.318 e. The van der Waals surface area contributed by atoms with E-state index in [2.05, 4.69) is 88.9 Å². The second-order valence-corrected chi connectivity index (χ2v) is 24.0. The lowest BCUT2D eigenvalue weighted by Crippen LogP contribution is -2.55. The fourth-order valence-corrected chi connectivity index (χ4v) is 13.5. The third-order valence-electron chi connectivity index (χ3n) is 18.1. The number of carbonyl (C=O) groups excluding carboxylic acids is 3. The molecular formula is C64H77ClN14O6. The summed E-state index contributed by atoms with van der Waals surface area (Å²) < 4.78 is 8.27. The maximum Gasteiger partial charge on any atom is 0.318 e. The van der Waals surface area contributed by atoms with Crippen LogP contribution in [0.3, 0.4) is 0 Å². The molecule has 3 amide bonds. The van der Waals surface area contributed by atoms with E-state index in [9.17, 15) is 29.9 Å². The lowest BCUT2D eigenvalue weighted by molar-refractivity contribution is -0.139. The molecule has 5 aliphatic rings. The summed E-state index contributed by atoms with van der Waals surface area (Å²) in [5, 5.41) is 45.5. The number of phenolic OH excluding ortho intramolecular Hbond substituents is 2. The minimum absolute atomic E-state index is 0.00426. The highest BCUT2D eigenvalue weighted by Crippen LogP contribution is 2.40. The number of anilines is 2. The Morgan fingerprint density at radius 1 is 0.859 bits per heavy atom. The Labute approximate surface area is 502 Å². The highest BCUT2D eigenvalue weighted by atomic mass is 35.5. The molecule has 0 bridgehead atoms. The van der Waals surface area contributed by atoms with Crippen molar-refractivity contribution in [1.29, 1.82) is 5.26 Å². The number of piperazine rings is 2. The fourth-order valence-electron chi connectivity index (χ4n) is 13.3. The van der Waals surface area contributed by atoms with Crippen molar-refractivity contribution in [2.24, 2.45) is 5.92 Å². The van der Waals surface area contributed by atoms with Crippen LogP contribution in [-0.4, -0.2) is 187 Å². The number of likely N-dealkylation sites (N-methyl/N-ethyl adjacent to an activating group) is 1. The largest absolute Gasteiger partial charge is 0.508 e. The van der Waals surface area contributed by atoms with E-state index < -0.39 is 5.91 Å². The van der Waals surface area contributed by atoms with Gasteiger partial charge in [0.25, 0.3) is 5.91 Å². The number of amides is 3. The Morgan fingerprint density at radius 3 is 2.34 bits per heavy atom. The van der Waals surface area contributed by atoms with E-state index in [1.54, 1.807) is 15.5 Å². The molecule has 21 heteroatoms. The fraction of sp³-hybridized carbons (Fsp3) is 0.469. The molecule has 5 aliphatic heterocycles. The average Bonchev–Trinajstić information content (AvgIpc) is 3.37. The summed E-state index contributed by atoms with van der Waals surface area (Å²) in [5.74, 6) is 0.652. The Balaban J connectivity index is 0.677. The zero-order valence-corrected chi connectivity index (χ0v) is 49.9. The second kappa shape index (κ2) is 25.8. The summed E-state index contributed by atoms with van der Waals surface area (Å²) in [6, 6.07) is 26.0. The number of hydrogen-bond donors (Lipinski definition) is 3. The van der Waals surface area contributed by atoms with Crippen molar-refractivity contribution < 1.29 is 29.3 Å². The molecule has 3 N–H and O–H groups in total. The van der Waals surface area contributed by atoms with Crippen LogP contribution in [0.2, 0.25) is 5.02 Å². The SMILES string of the molecule is C=CC(=O)N1CCN(c2nc(OC[C@@H]3CC[C@H](CN4CCN(C(=O)C5CCN(Cc6ccc(-n7c(C(=O)NCC)nnc7-c7cc(C(C)C)c(O)cc7O)cc6)CC5)CC4)N3C)nc3c2CCN(c2cccc4cccc(Cl)c24)C3)C[C@@H]1CC#N. The Hall–Kier alpha value is -7.83. The quantitative estimate of drug-likeness (QED) is 0.0759. The van der Waals surface area contributed by atoms with E-state index in [1.165, 1.54) is 12.1 Å². The summed E-state index contributed by atoms with van der Waals surface area (Å²) in [4.78, 5) is 66.0. The van der Waals surface area contributed by atoms with Crippen molar-refractivity contribution in [2.75, 3.05) is 102 Å². The summed E-state index contributed by atoms with van der Waals surface area (Å²) in [6.07, 6.45) is 5.84. The number of aromatic nitrogens is 5. The van der Waals surface area contributed by atoms with Crippen LogP contribution in [0.25, 0.3) is 27.8 Å². The van der Waals surface area contributed by atoms with Crippen LogP contribution >= 0.6 is 11.6 Å². The minimum atomic E-state index is -0.394. The predicted octanol–water partition coefficient (Wildman–Crippen LogP) is 7.39. The lowest BCUT2D eigenvalue weighted by Gasteiger charge is -2.42. The zero-order valence-electron chi connectivity index (χ0n) is 49.2. The van der Waals surface area contributed by atoms with Crippen LogP contribution in [0.15, 0.2) is 85.5 Å². The number of hydrogen-bond acceptors (Lipinski definition) is 16. The first-order valence-corrected chi connectivity index (χ1v) is 30.4. The third kappa shape index (κ3) is 12.5. The summed E-state index contributed by atoms with van der Waals surface area (Å²) >= 11 is 6.84. The third-order valence-corrected chi connectivity index (χ3v) is 18.4. The molecule has 3 atom stereocenters. The van der Waals surface area contributed by atoms with Gasteiger partial charge in [0.05, 0.1) is 41.4 Å². The molecule has 20 nitrogen and oxygen atoms in total. The minimum Gasteiger partial charge on any atom is -0.508 e. The van der Waals surface area contributed by atoms with Crippen LogP contribution in [0.1, 0.15) is 91.8 Å². The first-order chi connectivity index (χ1) is 41.2. The number of nitrogens with zero attached hydrogens (tertiary/aromatic N) is 13. The molecule has 4 saturated heterocycles. The van der Waals surface area contributed by atoms with Gasteiger partial charge in [0.2, 0.25) is 17.6 Å². The van der Waals surface area contributed by atoms with Gasteiger partial charge in [0.1, 0.15) is 23.9 Å². The van der Waals surface area contributed by atoms with Gasteiger partial charge in [-0.3, -0.25) is 33.7 Å². The first kappa shape index (κ1) is 58.9. The molecule has 4 fully saturated rings. The van der Waals surface area contributed by atoms with Gasteiger partial charge in [0.15, 0.2) is 5.82 Å². The molecule has 0 aliphatic carbocycles. The molecule has 446 valence electrons. The van der Waals surface area contributed by atoms with Crippen molar-refractivity contribution in [3.8, 4) is 40.7 Å². The standard InChI is InChI=1S/C64H77ClN14O6/c1-6-57(82)78-33-32-77(38-47(78)20-24-66)59-49-23-27-76(54-13-9-11-43-10-8-12-52(65)58(43)54)39-53(49)68-64(69-59)85-40-48-19-18-46(72(48)5)37-74-28-30-75(31-29-74)63(84)44-21-25-73(26-22-44)36-42-14-16-45(17-15-42)79-60(70-71-61(79)62(83)67-7-2)51-34-50(41(3)4)55(80)35-56(51)81/h6,8-17,34-35,41,44,46-48,80-81H,1,7,18-23,25-33,36-40H2,2-5H3,(H,67,83)/t46-,47+,48+/m1/s1. The number of likely N-dealkylation sites (tertiary alicyclic amines) is 2. The van der Waals surface area contributed by atoms with Gasteiger partial charge >= 0.3 is 6.01 Å². The molecule has 0 saturated carbocycles. The lowest BCUT2D eigenvalue weighted by atomic mass is 9.94. The number of phenols is 2. The molecule has 7 heterocycles. The molecular weight excluding hydrogens is 1100 g/mol. The topological polar surface area (TPSA) is 216 Å². The monoisotopic (exact) mass is 1170 g/mol. The van der Waals surface area contributed by atoms with Crippen LogP contribution in [0.4, 0.5) is 11.5 Å². The predicted molar refractivity (Wildman–Crippen MR) is 327 cm³/mol. The van der Waals surface area contributed by atoms with Gasteiger partial charge in [-0.25, -0.2) is 0 Å². The summed E-state index contributed by atoms with van der Waals surface area (Å²) in [6.45, 7) is 19.4. The Kier molecular flexibility index (Phi) is 17.9. The summed E-state index contributed by atoms with van der Waals surface area (Å²) in [5.41, 5.74) is 5.75. The van der Waals surface area contributed by atoms with Crippen molar-refractivity contribution in [3.05, 3.63) is 119 Å². The van der Waals surface area contributed by atoms with E-state index >= 15 is 0 Å². The number of nitrogens with one attached hydrogen (secondary N) is 1. The van der Waals surface area contributed by atoms with Crippen molar-refractivity contribution in [1.82, 2.24) is 54.5 Å². The number of aromatic hydroxyl groups is 2. The summed E-state index contributed by atoms with van der Waals surface area (Å²) in [7, 11) is 2.19. The number of rotatable bonds is 17. The van der Waals surface area contributed by atoms with E-state index in [4.69, 9.17) is 26.3 Å². The Bertz CT molecular complexity index is 3480. The number of nitriles is 1. The van der Waals surface area contributed by atoms with Gasteiger partial charge in [-0.1, -0.05) is 68.4 Å². The number of ether oxygens (including phenoxy) is 1. The molecule has 0 unspecified atom stereocenters. The van der Waals surface area contributed by atoms with Crippen molar-refractivity contribution in [2.45, 2.75) is 96.4 Å². The Morgan fingerprint density at radius 2 is 1.61 bits per heavy atom. The number of fused-ring (bicyclic) bond motifs is 2. The highest BCUT2D eigenvalue weighted by Gasteiger charge is 2.37. The zero-order chi connectivity index (χ0) is 59.5. The van der Waals surface area contributed by atoms with Crippen molar-refractivity contribution in [3.63, 3.8) is 0 Å². The highest BCUT2D eigenvalue weighted by molar-refractivity contribution is 6.36. The van der Waals surface area contributed by atoms with Crippen LogP contribution in [0, 0.1) is 17.2 Å². The molecule has 4 aromatic carbocycles. The van der Waals surface area contributed by atoms with Crippen LogP contribution in [0.5, 0.6) is 17.5 Å². The average molecular weight is 1170 g/mol. The molecule has 85 heavy (non-hydrogen) atoms. The number of carbonyl (C=O) groups is 3.